The molecular formula is C26H47N3O4. The Balaban J connectivity index is 3.07. The molecule has 1 aliphatic rings. The number of likely N-dealkylation sites (N-methyl/N-ethyl adjacent to an activating group) is 1. The van der Waals surface area contributed by atoms with Gasteiger partial charge in [0.2, 0.25) is 11.8 Å². The lowest BCUT2D eigenvalue weighted by Gasteiger charge is -2.40. The summed E-state index contributed by atoms with van der Waals surface area (Å²) in [7, 11) is 1.75. The molecule has 2 unspecified atom stereocenters. The van der Waals surface area contributed by atoms with Crippen LogP contribution in [-0.2, 0) is 19.1 Å². The second kappa shape index (κ2) is 13.7. The van der Waals surface area contributed by atoms with E-state index in [-0.39, 0.29) is 41.7 Å². The highest BCUT2D eigenvalue weighted by atomic mass is 16.5. The van der Waals surface area contributed by atoms with Gasteiger partial charge in [-0.3, -0.25) is 14.5 Å². The van der Waals surface area contributed by atoms with E-state index in [2.05, 4.69) is 24.1 Å². The minimum Gasteiger partial charge on any atom is -0.463 e. The summed E-state index contributed by atoms with van der Waals surface area (Å²) in [6, 6.07) is -0.773. The molecule has 0 aromatic rings. The largest absolute Gasteiger partial charge is 0.463 e. The molecule has 1 saturated heterocycles. The van der Waals surface area contributed by atoms with Gasteiger partial charge in [-0.25, -0.2) is 4.79 Å². The van der Waals surface area contributed by atoms with Crippen LogP contribution < -0.4 is 5.32 Å². The van der Waals surface area contributed by atoms with Crippen molar-refractivity contribution in [1.82, 2.24) is 15.1 Å². The molecule has 0 spiro atoms. The standard InChI is InChI=1S/C26H47N3O4/c1-10-20(8)29-15-13-12-14-21(29)24(30)27-23(18(5)6)25(31)28(9)22(17(3)4)16-19(7)26(32)33-11-2/h16-18,20-23H,10-15H2,1-9H3,(H,27,30)/b19-16+/t20?,21-,22-,23?/m1/s1. The summed E-state index contributed by atoms with van der Waals surface area (Å²) >= 11 is 0. The molecule has 33 heavy (non-hydrogen) atoms. The second-order valence-corrected chi connectivity index (χ2v) is 9.99. The van der Waals surface area contributed by atoms with Crippen molar-refractivity contribution in [3.05, 3.63) is 11.6 Å². The van der Waals surface area contributed by atoms with Gasteiger partial charge in [-0.1, -0.05) is 47.1 Å². The Morgan fingerprint density at radius 2 is 1.73 bits per heavy atom. The highest BCUT2D eigenvalue weighted by Gasteiger charge is 2.36. The Hall–Kier alpha value is -1.89. The Morgan fingerprint density at radius 1 is 1.09 bits per heavy atom. The molecule has 1 fully saturated rings. The van der Waals surface area contributed by atoms with Crippen LogP contribution in [0.1, 0.15) is 81.1 Å². The maximum absolute atomic E-state index is 13.5. The van der Waals surface area contributed by atoms with Crippen molar-refractivity contribution in [3.63, 3.8) is 0 Å². The van der Waals surface area contributed by atoms with E-state index in [9.17, 15) is 14.4 Å². The van der Waals surface area contributed by atoms with Gasteiger partial charge in [0, 0.05) is 18.7 Å². The summed E-state index contributed by atoms with van der Waals surface area (Å²) in [5, 5.41) is 3.08. The first kappa shape index (κ1) is 29.1. The lowest BCUT2D eigenvalue weighted by Crippen LogP contribution is -2.59. The van der Waals surface area contributed by atoms with Gasteiger partial charge < -0.3 is 15.0 Å². The Labute approximate surface area is 201 Å². The van der Waals surface area contributed by atoms with Crippen molar-refractivity contribution in [2.75, 3.05) is 20.2 Å². The summed E-state index contributed by atoms with van der Waals surface area (Å²) in [6.07, 6.45) is 5.73. The van der Waals surface area contributed by atoms with Crippen LogP contribution in [0.3, 0.4) is 0 Å². The van der Waals surface area contributed by atoms with E-state index in [1.807, 2.05) is 27.7 Å². The SMILES string of the molecule is CCOC(=O)/C(C)=C/[C@H](C(C)C)N(C)C(=O)C(NC(=O)[C@H]1CCCCN1C(C)CC)C(C)C. The number of piperidine rings is 1. The van der Waals surface area contributed by atoms with Crippen LogP contribution in [0.2, 0.25) is 0 Å². The molecule has 190 valence electrons. The van der Waals surface area contributed by atoms with E-state index in [1.54, 1.807) is 31.9 Å². The molecule has 7 nitrogen and oxygen atoms in total. The molecule has 0 bridgehead atoms. The first-order chi connectivity index (χ1) is 15.5. The second-order valence-electron chi connectivity index (χ2n) is 9.99. The molecule has 7 heteroatoms. The van der Waals surface area contributed by atoms with Gasteiger partial charge >= 0.3 is 5.97 Å². The maximum Gasteiger partial charge on any atom is 0.333 e. The number of carbonyl (C=O) groups excluding carboxylic acids is 3. The third kappa shape index (κ3) is 8.13. The van der Waals surface area contributed by atoms with Gasteiger partial charge in [-0.05, 0) is 58.4 Å². The number of ether oxygens (including phenoxy) is 1. The number of rotatable bonds is 11. The average Bonchev–Trinajstić information content (AvgIpc) is 2.78. The fraction of sp³-hybridized carbons (Fsp3) is 0.808. The zero-order chi connectivity index (χ0) is 25.3. The fourth-order valence-electron chi connectivity index (χ4n) is 4.45. The van der Waals surface area contributed by atoms with E-state index in [0.717, 1.165) is 32.2 Å². The molecule has 0 aliphatic carbocycles. The van der Waals surface area contributed by atoms with Crippen LogP contribution in [0, 0.1) is 11.8 Å². The quantitative estimate of drug-likeness (QED) is 0.371. The minimum atomic E-state index is -0.624. The zero-order valence-electron chi connectivity index (χ0n) is 22.3. The topological polar surface area (TPSA) is 79.0 Å². The summed E-state index contributed by atoms with van der Waals surface area (Å²) in [6.45, 7) is 16.9. The predicted molar refractivity (Wildman–Crippen MR) is 133 cm³/mol. The zero-order valence-corrected chi connectivity index (χ0v) is 22.3. The van der Waals surface area contributed by atoms with Crippen molar-refractivity contribution >= 4 is 17.8 Å². The van der Waals surface area contributed by atoms with Crippen molar-refractivity contribution < 1.29 is 19.1 Å². The van der Waals surface area contributed by atoms with Crippen LogP contribution in [0.4, 0.5) is 0 Å². The molecule has 0 aromatic carbocycles. The van der Waals surface area contributed by atoms with Crippen LogP contribution in [0.5, 0.6) is 0 Å². The number of hydrogen-bond donors (Lipinski definition) is 1. The summed E-state index contributed by atoms with van der Waals surface area (Å²) in [5.74, 6) is -0.552. The Bertz CT molecular complexity index is 689. The van der Waals surface area contributed by atoms with E-state index >= 15 is 0 Å². The Kier molecular flexibility index (Phi) is 12.1. The molecule has 1 heterocycles. The molecule has 1 rings (SSSR count). The predicted octanol–water partition coefficient (Wildman–Crippen LogP) is 3.77. The first-order valence-corrected chi connectivity index (χ1v) is 12.6. The summed E-state index contributed by atoms with van der Waals surface area (Å²) < 4.78 is 5.10. The number of nitrogens with one attached hydrogen (secondary N) is 1. The third-order valence-corrected chi connectivity index (χ3v) is 6.73. The van der Waals surface area contributed by atoms with E-state index in [1.165, 1.54) is 0 Å². The lowest BCUT2D eigenvalue weighted by atomic mass is 9.95. The highest BCUT2D eigenvalue weighted by molar-refractivity contribution is 5.91. The van der Waals surface area contributed by atoms with E-state index in [0.29, 0.717) is 18.2 Å². The van der Waals surface area contributed by atoms with E-state index < -0.39 is 6.04 Å². The number of esters is 1. The van der Waals surface area contributed by atoms with Gasteiger partial charge in [0.1, 0.15) is 6.04 Å². The normalized spacial score (nSPS) is 20.3. The maximum atomic E-state index is 13.5. The molecule has 0 radical (unpaired) electrons. The van der Waals surface area contributed by atoms with Crippen LogP contribution in [0.25, 0.3) is 0 Å². The molecule has 0 aromatic heterocycles. The van der Waals surface area contributed by atoms with Crippen molar-refractivity contribution in [3.8, 4) is 0 Å². The van der Waals surface area contributed by atoms with Crippen molar-refractivity contribution in [2.45, 2.75) is 105 Å². The lowest BCUT2D eigenvalue weighted by molar-refractivity contribution is -0.140. The molecule has 1 aliphatic heterocycles. The Morgan fingerprint density at radius 3 is 2.24 bits per heavy atom. The molecule has 1 N–H and O–H groups in total. The van der Waals surface area contributed by atoms with Gasteiger partial charge in [0.05, 0.1) is 18.7 Å². The van der Waals surface area contributed by atoms with Gasteiger partial charge in [0.15, 0.2) is 0 Å². The number of hydrogen-bond acceptors (Lipinski definition) is 5. The highest BCUT2D eigenvalue weighted by Crippen LogP contribution is 2.22. The third-order valence-electron chi connectivity index (χ3n) is 6.73. The monoisotopic (exact) mass is 465 g/mol. The number of nitrogens with zero attached hydrogens (tertiary/aromatic N) is 2. The van der Waals surface area contributed by atoms with Gasteiger partial charge in [-0.15, -0.1) is 0 Å². The fourth-order valence-corrected chi connectivity index (χ4v) is 4.45. The van der Waals surface area contributed by atoms with Crippen molar-refractivity contribution in [2.24, 2.45) is 11.8 Å². The van der Waals surface area contributed by atoms with Gasteiger partial charge in [-0.2, -0.15) is 0 Å². The summed E-state index contributed by atoms with van der Waals surface area (Å²) in [5.41, 5.74) is 0.478. The average molecular weight is 466 g/mol. The smallest absolute Gasteiger partial charge is 0.333 e. The first-order valence-electron chi connectivity index (χ1n) is 12.6. The minimum absolute atomic E-state index is 0.0604. The van der Waals surface area contributed by atoms with Crippen LogP contribution >= 0.6 is 0 Å². The van der Waals surface area contributed by atoms with Gasteiger partial charge in [0.25, 0.3) is 0 Å². The van der Waals surface area contributed by atoms with Crippen LogP contribution in [0.15, 0.2) is 11.6 Å². The summed E-state index contributed by atoms with van der Waals surface area (Å²) in [4.78, 5) is 42.9. The number of likely N-dealkylation sites (tertiary alicyclic amines) is 1. The molecule has 2 amide bonds. The molecule has 4 atom stereocenters. The van der Waals surface area contributed by atoms with E-state index in [4.69, 9.17) is 4.74 Å². The van der Waals surface area contributed by atoms with Crippen molar-refractivity contribution in [1.29, 1.82) is 0 Å². The number of carbonyl (C=O) groups is 3. The van der Waals surface area contributed by atoms with Crippen LogP contribution in [-0.4, -0.2) is 72.0 Å². The molecular weight excluding hydrogens is 418 g/mol. The molecule has 0 saturated carbocycles. The number of amides is 2.